The summed E-state index contributed by atoms with van der Waals surface area (Å²) in [5.74, 6) is 1.74. The highest BCUT2D eigenvalue weighted by Gasteiger charge is 2.19. The van der Waals surface area contributed by atoms with Crippen LogP contribution in [0.15, 0.2) is 53.1 Å². The van der Waals surface area contributed by atoms with Crippen molar-refractivity contribution in [3.05, 3.63) is 65.5 Å². The average molecular weight is 389 g/mol. The third-order valence-corrected chi connectivity index (χ3v) is 4.99. The number of carbonyl (C=O) groups is 1. The number of hydrogen-bond donors (Lipinski definition) is 0. The van der Waals surface area contributed by atoms with Crippen LogP contribution < -0.4 is 4.74 Å². The number of rotatable bonds is 5. The number of likely N-dealkylation sites (tertiary alicyclic amines) is 1. The fraction of sp³-hybridized carbons (Fsp3) is 0.261. The molecule has 0 unspecified atom stereocenters. The van der Waals surface area contributed by atoms with Crippen LogP contribution in [0.4, 0.5) is 0 Å². The summed E-state index contributed by atoms with van der Waals surface area (Å²) in [6.45, 7) is 1.65. The molecule has 6 heteroatoms. The highest BCUT2D eigenvalue weighted by Crippen LogP contribution is 2.21. The first-order chi connectivity index (χ1) is 14.2. The van der Waals surface area contributed by atoms with Crippen molar-refractivity contribution < 1.29 is 14.1 Å². The number of hydrogen-bond acceptors (Lipinski definition) is 5. The van der Waals surface area contributed by atoms with E-state index in [1.807, 2.05) is 59.5 Å². The van der Waals surface area contributed by atoms with Crippen molar-refractivity contribution >= 4 is 18.1 Å². The quantitative estimate of drug-likeness (QED) is 0.641. The van der Waals surface area contributed by atoms with E-state index in [-0.39, 0.29) is 5.91 Å². The van der Waals surface area contributed by atoms with Gasteiger partial charge in [0.2, 0.25) is 5.82 Å². The van der Waals surface area contributed by atoms with Gasteiger partial charge in [-0.15, -0.1) is 0 Å². The van der Waals surface area contributed by atoms with Gasteiger partial charge < -0.3 is 14.2 Å². The monoisotopic (exact) mass is 389 g/mol. The minimum atomic E-state index is 0.0645. The first-order valence-electron chi connectivity index (χ1n) is 9.78. The van der Waals surface area contributed by atoms with E-state index in [4.69, 9.17) is 9.26 Å². The first kappa shape index (κ1) is 18.9. The third kappa shape index (κ3) is 4.54. The van der Waals surface area contributed by atoms with Gasteiger partial charge in [0.1, 0.15) is 5.75 Å². The molecule has 1 aromatic heterocycles. The largest absolute Gasteiger partial charge is 0.497 e. The molecule has 1 amide bonds. The lowest BCUT2D eigenvalue weighted by atomic mass is 10.1. The second-order valence-corrected chi connectivity index (χ2v) is 7.00. The molecule has 0 aliphatic carbocycles. The maximum atomic E-state index is 12.7. The van der Waals surface area contributed by atoms with Gasteiger partial charge in [0.05, 0.1) is 7.11 Å². The molecule has 1 fully saturated rings. The molecule has 148 valence electrons. The summed E-state index contributed by atoms with van der Waals surface area (Å²) in [5.41, 5.74) is 2.42. The van der Waals surface area contributed by atoms with Crippen LogP contribution in [0.1, 0.15) is 41.1 Å². The van der Waals surface area contributed by atoms with Crippen LogP contribution in [0.5, 0.6) is 5.75 Å². The molecule has 0 saturated carbocycles. The van der Waals surface area contributed by atoms with E-state index in [0.717, 1.165) is 42.8 Å². The highest BCUT2D eigenvalue weighted by atomic mass is 16.5. The van der Waals surface area contributed by atoms with Crippen LogP contribution in [-0.4, -0.2) is 41.1 Å². The Morgan fingerprint density at radius 1 is 1.07 bits per heavy atom. The van der Waals surface area contributed by atoms with Gasteiger partial charge in [0.15, 0.2) is 0 Å². The molecule has 2 aromatic carbocycles. The van der Waals surface area contributed by atoms with Gasteiger partial charge in [-0.3, -0.25) is 4.79 Å². The minimum absolute atomic E-state index is 0.0645. The zero-order valence-electron chi connectivity index (χ0n) is 16.4. The Hall–Kier alpha value is -3.41. The van der Waals surface area contributed by atoms with Gasteiger partial charge in [0, 0.05) is 30.3 Å². The SMILES string of the molecule is COc1ccc(C=Cc2nc(-c3cccc(C(=O)N4CCCCC4)c3)no2)cc1. The van der Waals surface area contributed by atoms with E-state index in [0.29, 0.717) is 17.3 Å². The topological polar surface area (TPSA) is 68.5 Å². The molecule has 2 heterocycles. The predicted octanol–water partition coefficient (Wildman–Crippen LogP) is 4.54. The smallest absolute Gasteiger partial charge is 0.253 e. The zero-order chi connectivity index (χ0) is 20.1. The lowest BCUT2D eigenvalue weighted by Gasteiger charge is -2.26. The number of nitrogens with zero attached hydrogens (tertiary/aromatic N) is 3. The number of amides is 1. The summed E-state index contributed by atoms with van der Waals surface area (Å²) in [5, 5.41) is 4.06. The summed E-state index contributed by atoms with van der Waals surface area (Å²) < 4.78 is 10.5. The van der Waals surface area contributed by atoms with Crippen molar-refractivity contribution in [2.75, 3.05) is 20.2 Å². The summed E-state index contributed by atoms with van der Waals surface area (Å²) in [6, 6.07) is 15.1. The number of methoxy groups -OCH3 is 1. The number of benzene rings is 2. The number of aromatic nitrogens is 2. The summed E-state index contributed by atoms with van der Waals surface area (Å²) in [4.78, 5) is 19.1. The molecule has 0 radical (unpaired) electrons. The van der Waals surface area contributed by atoms with Crippen molar-refractivity contribution in [2.45, 2.75) is 19.3 Å². The van der Waals surface area contributed by atoms with Crippen molar-refractivity contribution in [1.82, 2.24) is 15.0 Å². The van der Waals surface area contributed by atoms with Crippen LogP contribution >= 0.6 is 0 Å². The number of piperidine rings is 1. The van der Waals surface area contributed by atoms with Gasteiger partial charge in [-0.25, -0.2) is 0 Å². The normalized spacial score (nSPS) is 14.3. The van der Waals surface area contributed by atoms with Crippen molar-refractivity contribution in [3.8, 4) is 17.1 Å². The van der Waals surface area contributed by atoms with E-state index in [9.17, 15) is 4.79 Å². The molecular weight excluding hydrogens is 366 g/mol. The van der Waals surface area contributed by atoms with Crippen molar-refractivity contribution in [3.63, 3.8) is 0 Å². The van der Waals surface area contributed by atoms with Gasteiger partial charge in [-0.05, 0) is 55.2 Å². The van der Waals surface area contributed by atoms with E-state index >= 15 is 0 Å². The van der Waals surface area contributed by atoms with Crippen molar-refractivity contribution in [2.24, 2.45) is 0 Å². The molecule has 29 heavy (non-hydrogen) atoms. The van der Waals surface area contributed by atoms with Crippen LogP contribution in [0.3, 0.4) is 0 Å². The Morgan fingerprint density at radius 2 is 1.86 bits per heavy atom. The molecule has 0 bridgehead atoms. The Balaban J connectivity index is 1.48. The number of carbonyl (C=O) groups excluding carboxylic acids is 1. The Kier molecular flexibility index (Phi) is 5.70. The maximum Gasteiger partial charge on any atom is 0.253 e. The Labute approximate surface area is 169 Å². The first-order valence-corrected chi connectivity index (χ1v) is 9.78. The number of ether oxygens (including phenoxy) is 1. The van der Waals surface area contributed by atoms with Crippen LogP contribution in [0.2, 0.25) is 0 Å². The predicted molar refractivity (Wildman–Crippen MR) is 111 cm³/mol. The van der Waals surface area contributed by atoms with Crippen LogP contribution in [0, 0.1) is 0 Å². The zero-order valence-corrected chi connectivity index (χ0v) is 16.4. The lowest BCUT2D eigenvalue weighted by Crippen LogP contribution is -2.35. The fourth-order valence-electron chi connectivity index (χ4n) is 3.37. The fourth-order valence-corrected chi connectivity index (χ4v) is 3.37. The van der Waals surface area contributed by atoms with Gasteiger partial charge in [0.25, 0.3) is 11.8 Å². The maximum absolute atomic E-state index is 12.7. The van der Waals surface area contributed by atoms with Gasteiger partial charge >= 0.3 is 0 Å². The third-order valence-electron chi connectivity index (χ3n) is 4.99. The van der Waals surface area contributed by atoms with Crippen LogP contribution in [0.25, 0.3) is 23.5 Å². The van der Waals surface area contributed by atoms with E-state index in [1.54, 1.807) is 13.2 Å². The van der Waals surface area contributed by atoms with Gasteiger partial charge in [-0.1, -0.05) is 29.4 Å². The molecule has 0 atom stereocenters. The summed E-state index contributed by atoms with van der Waals surface area (Å²) >= 11 is 0. The molecular formula is C23H23N3O3. The van der Waals surface area contributed by atoms with E-state index < -0.39 is 0 Å². The standard InChI is InChI=1S/C23H23N3O3/c1-28-20-11-8-17(9-12-20)10-13-21-24-22(25-29-21)18-6-5-7-19(16-18)23(27)26-14-3-2-4-15-26/h5-13,16H,2-4,14-15H2,1H3. The highest BCUT2D eigenvalue weighted by molar-refractivity contribution is 5.95. The molecule has 4 rings (SSSR count). The molecule has 6 nitrogen and oxygen atoms in total. The van der Waals surface area contributed by atoms with E-state index in [1.165, 1.54) is 6.42 Å². The second kappa shape index (κ2) is 8.73. The van der Waals surface area contributed by atoms with Crippen molar-refractivity contribution in [1.29, 1.82) is 0 Å². The Bertz CT molecular complexity index is 1000. The molecule has 0 spiro atoms. The summed E-state index contributed by atoms with van der Waals surface area (Å²) in [6.07, 6.45) is 6.99. The average Bonchev–Trinajstić information content (AvgIpc) is 3.27. The molecule has 0 N–H and O–H groups in total. The van der Waals surface area contributed by atoms with E-state index in [2.05, 4.69) is 10.1 Å². The Morgan fingerprint density at radius 3 is 2.62 bits per heavy atom. The second-order valence-electron chi connectivity index (χ2n) is 7.00. The molecule has 3 aromatic rings. The van der Waals surface area contributed by atoms with Crippen LogP contribution in [-0.2, 0) is 0 Å². The molecule has 1 saturated heterocycles. The summed E-state index contributed by atoms with van der Waals surface area (Å²) in [7, 11) is 1.64. The molecule has 1 aliphatic heterocycles. The lowest BCUT2D eigenvalue weighted by molar-refractivity contribution is 0.0724. The molecule has 1 aliphatic rings. The minimum Gasteiger partial charge on any atom is -0.497 e. The van der Waals surface area contributed by atoms with Gasteiger partial charge in [-0.2, -0.15) is 4.98 Å².